The van der Waals surface area contributed by atoms with Gasteiger partial charge in [-0.25, -0.2) is 0 Å². The molecule has 2 aliphatic rings. The average Bonchev–Trinajstić information content (AvgIpc) is 3.67. The Morgan fingerprint density at radius 2 is 0.783 bits per heavy atom. The van der Waals surface area contributed by atoms with Gasteiger partial charge < -0.3 is 64.2 Å². The number of carbonyl (C=O) groups is 1. The SMILES string of the molecule is CC/C=C\C/C=C\C/C=C\C/C=C\CCCCCCCCCCCCCCC(=O)OC(COCCCCCCCCCCCCCCCCCCCCCCCCCC)COC1OC(COC2OC(CO)C(O)C(O)C2O)C(O)C(O)C1O. The zero-order valence-electron chi connectivity index (χ0n) is 52.7. The first kappa shape index (κ1) is 77.0. The van der Waals surface area contributed by atoms with Gasteiger partial charge in [-0.15, -0.1) is 0 Å². The first-order chi connectivity index (χ1) is 40.6. The lowest BCUT2D eigenvalue weighted by Crippen LogP contribution is -2.61. The quantitative estimate of drug-likeness (QED) is 0.0171. The number of ether oxygens (including phenoxy) is 6. The normalized spacial score (nSPS) is 23.7. The predicted molar refractivity (Wildman–Crippen MR) is 335 cm³/mol. The van der Waals surface area contributed by atoms with E-state index in [9.17, 15) is 40.5 Å². The number of allylic oxidation sites excluding steroid dienone is 8. The molecule has 0 spiro atoms. The summed E-state index contributed by atoms with van der Waals surface area (Å²) in [4.78, 5) is 13.2. The van der Waals surface area contributed by atoms with Crippen LogP contribution in [0.25, 0.3) is 0 Å². The highest BCUT2D eigenvalue weighted by atomic mass is 16.7. The van der Waals surface area contributed by atoms with Gasteiger partial charge in [0.2, 0.25) is 0 Å². The van der Waals surface area contributed by atoms with Crippen molar-refractivity contribution in [2.24, 2.45) is 0 Å². The topological polar surface area (TPSA) is 214 Å². The highest BCUT2D eigenvalue weighted by molar-refractivity contribution is 5.69. The lowest BCUT2D eigenvalue weighted by atomic mass is 9.98. The van der Waals surface area contributed by atoms with Crippen molar-refractivity contribution >= 4 is 5.97 Å². The molecule has 0 amide bonds. The van der Waals surface area contributed by atoms with Crippen LogP contribution in [0.15, 0.2) is 48.6 Å². The predicted octanol–water partition coefficient (Wildman–Crippen LogP) is 14.2. The van der Waals surface area contributed by atoms with Gasteiger partial charge in [0.1, 0.15) is 54.9 Å². The molecule has 0 radical (unpaired) electrons. The lowest BCUT2D eigenvalue weighted by Gasteiger charge is -2.42. The van der Waals surface area contributed by atoms with E-state index in [1.54, 1.807) is 0 Å². The van der Waals surface area contributed by atoms with Crippen molar-refractivity contribution in [3.63, 3.8) is 0 Å². The molecule has 0 aromatic rings. The smallest absolute Gasteiger partial charge is 0.306 e. The van der Waals surface area contributed by atoms with E-state index >= 15 is 0 Å². The van der Waals surface area contributed by atoms with Gasteiger partial charge in [0.15, 0.2) is 12.6 Å². The molecule has 83 heavy (non-hydrogen) atoms. The minimum atomic E-state index is -1.71. The molecule has 0 aromatic carbocycles. The molecule has 0 aromatic heterocycles. The second-order valence-electron chi connectivity index (χ2n) is 24.0. The summed E-state index contributed by atoms with van der Waals surface area (Å²) < 4.78 is 34.6. The average molecular weight is 1180 g/mol. The van der Waals surface area contributed by atoms with Gasteiger partial charge in [-0.05, 0) is 51.4 Å². The molecular weight excluding hydrogens is 1050 g/mol. The minimum Gasteiger partial charge on any atom is -0.457 e. The first-order valence-electron chi connectivity index (χ1n) is 34.2. The van der Waals surface area contributed by atoms with Crippen LogP contribution in [0.2, 0.25) is 0 Å². The Morgan fingerprint density at radius 3 is 1.23 bits per heavy atom. The Balaban J connectivity index is 1.64. The van der Waals surface area contributed by atoms with E-state index in [1.807, 2.05) is 0 Å². The van der Waals surface area contributed by atoms with Crippen molar-refractivity contribution in [3.8, 4) is 0 Å². The fraction of sp³-hybridized carbons (Fsp3) is 0.870. The van der Waals surface area contributed by atoms with Gasteiger partial charge in [-0.1, -0.05) is 274 Å². The number of carbonyl (C=O) groups excluding carboxylic acids is 1. The van der Waals surface area contributed by atoms with E-state index in [2.05, 4.69) is 62.5 Å². The molecule has 2 rings (SSSR count). The molecule has 486 valence electrons. The molecule has 0 bridgehead atoms. The summed E-state index contributed by atoms with van der Waals surface area (Å²) in [6, 6.07) is 0. The number of hydrogen-bond donors (Lipinski definition) is 7. The number of aliphatic hydroxyl groups is 7. The van der Waals surface area contributed by atoms with Gasteiger partial charge in [-0.3, -0.25) is 4.79 Å². The molecule has 11 unspecified atom stereocenters. The monoisotopic (exact) mass is 1180 g/mol. The zero-order chi connectivity index (χ0) is 60.1. The van der Waals surface area contributed by atoms with Gasteiger partial charge in [-0.2, -0.15) is 0 Å². The van der Waals surface area contributed by atoms with Gasteiger partial charge in [0.25, 0.3) is 0 Å². The van der Waals surface area contributed by atoms with Crippen LogP contribution in [-0.4, -0.2) is 142 Å². The van der Waals surface area contributed by atoms with Crippen molar-refractivity contribution < 1.29 is 69.0 Å². The molecule has 2 saturated heterocycles. The Kier molecular flexibility index (Phi) is 51.3. The lowest BCUT2D eigenvalue weighted by molar-refractivity contribution is -0.332. The zero-order valence-corrected chi connectivity index (χ0v) is 52.7. The summed E-state index contributed by atoms with van der Waals surface area (Å²) in [6.07, 6.45) is 53.3. The van der Waals surface area contributed by atoms with E-state index in [4.69, 9.17) is 28.4 Å². The van der Waals surface area contributed by atoms with Crippen molar-refractivity contribution in [2.45, 2.75) is 351 Å². The Bertz CT molecular complexity index is 1560. The van der Waals surface area contributed by atoms with Gasteiger partial charge >= 0.3 is 5.97 Å². The Hall–Kier alpha value is -2.05. The maximum absolute atomic E-state index is 13.2. The van der Waals surface area contributed by atoms with E-state index in [-0.39, 0.29) is 25.6 Å². The molecule has 2 fully saturated rings. The molecule has 7 N–H and O–H groups in total. The maximum Gasteiger partial charge on any atom is 0.306 e. The summed E-state index contributed by atoms with van der Waals surface area (Å²) >= 11 is 0. The van der Waals surface area contributed by atoms with Crippen LogP contribution in [0, 0.1) is 0 Å². The molecule has 0 saturated carbocycles. The van der Waals surface area contributed by atoms with E-state index in [0.29, 0.717) is 13.0 Å². The van der Waals surface area contributed by atoms with Gasteiger partial charge in [0, 0.05) is 13.0 Å². The summed E-state index contributed by atoms with van der Waals surface area (Å²) in [6.45, 7) is 3.64. The van der Waals surface area contributed by atoms with Crippen LogP contribution in [0.3, 0.4) is 0 Å². The van der Waals surface area contributed by atoms with E-state index in [0.717, 1.165) is 70.6 Å². The second-order valence-corrected chi connectivity index (χ2v) is 24.0. The highest BCUT2D eigenvalue weighted by Crippen LogP contribution is 2.27. The number of unbranched alkanes of at least 4 members (excludes halogenated alkanes) is 35. The van der Waals surface area contributed by atoms with Crippen LogP contribution < -0.4 is 0 Å². The number of esters is 1. The first-order valence-corrected chi connectivity index (χ1v) is 34.2. The highest BCUT2D eigenvalue weighted by Gasteiger charge is 2.47. The fourth-order valence-electron chi connectivity index (χ4n) is 10.9. The minimum absolute atomic E-state index is 0.0643. The van der Waals surface area contributed by atoms with Crippen molar-refractivity contribution in [3.05, 3.63) is 48.6 Å². The standard InChI is InChI=1S/C69H126O14/c1-3-5-7-9-11-13-15-17-19-21-23-25-27-29-30-32-34-36-38-40-42-44-46-48-50-52-61(71)81-58(56-79-68-67(77)65(75)63(73)60(83-68)57-80-69-66(76)64(74)62(72)59(54-70)82-69)55-78-53-51-49-47-45-43-41-39-37-35-33-31-28-26-24-22-20-18-16-14-12-10-8-6-4-2/h5,7,11,13,17,19,23,25,58-60,62-70,72-77H,3-4,6,8-10,12,14-16,18,20-22,24,26-57H2,1-2H3/b7-5-,13-11-,19-17-,25-23-. The number of rotatable bonds is 57. The molecule has 11 atom stereocenters. The Labute approximate surface area is 505 Å². The fourth-order valence-corrected chi connectivity index (χ4v) is 10.9. The van der Waals surface area contributed by atoms with Crippen molar-refractivity contribution in [2.75, 3.05) is 33.0 Å². The summed E-state index contributed by atoms with van der Waals surface area (Å²) in [5, 5.41) is 72.6. The van der Waals surface area contributed by atoms with Crippen LogP contribution in [-0.2, 0) is 33.2 Å². The molecular formula is C69H126O14. The second kappa shape index (κ2) is 55.3. The van der Waals surface area contributed by atoms with Crippen LogP contribution in [0.4, 0.5) is 0 Å². The number of aliphatic hydroxyl groups excluding tert-OH is 7. The molecule has 0 aliphatic carbocycles. The third-order valence-corrected chi connectivity index (χ3v) is 16.4. The molecule has 2 aliphatic heterocycles. The number of hydrogen-bond acceptors (Lipinski definition) is 14. The summed E-state index contributed by atoms with van der Waals surface area (Å²) in [7, 11) is 0. The largest absolute Gasteiger partial charge is 0.457 e. The van der Waals surface area contributed by atoms with E-state index in [1.165, 1.54) is 186 Å². The van der Waals surface area contributed by atoms with Gasteiger partial charge in [0.05, 0.1) is 26.4 Å². The molecule has 14 heteroatoms. The van der Waals surface area contributed by atoms with Crippen molar-refractivity contribution in [1.29, 1.82) is 0 Å². The van der Waals surface area contributed by atoms with Crippen LogP contribution in [0.5, 0.6) is 0 Å². The summed E-state index contributed by atoms with van der Waals surface area (Å²) in [5.41, 5.74) is 0. The summed E-state index contributed by atoms with van der Waals surface area (Å²) in [5.74, 6) is -0.373. The Morgan fingerprint density at radius 1 is 0.410 bits per heavy atom. The third-order valence-electron chi connectivity index (χ3n) is 16.4. The van der Waals surface area contributed by atoms with Crippen LogP contribution >= 0.6 is 0 Å². The molecule has 2 heterocycles. The third kappa shape index (κ3) is 40.9. The maximum atomic E-state index is 13.2. The van der Waals surface area contributed by atoms with E-state index < -0.39 is 80.7 Å². The van der Waals surface area contributed by atoms with Crippen LogP contribution in [0.1, 0.15) is 284 Å². The van der Waals surface area contributed by atoms with Crippen molar-refractivity contribution in [1.82, 2.24) is 0 Å². The molecule has 14 nitrogen and oxygen atoms in total.